The molecule has 1 aliphatic heterocycles. The minimum absolute atomic E-state index is 0.0802. The average Bonchev–Trinajstić information content (AvgIpc) is 2.87. The van der Waals surface area contributed by atoms with E-state index in [2.05, 4.69) is 14.5 Å². The molecule has 1 aliphatic rings. The SMILES string of the molecule is COC(=O)c1ccnc(N2CC(C(=O)OC)CC2=O)c1. The van der Waals surface area contributed by atoms with E-state index in [0.717, 1.165) is 0 Å². The molecule has 0 radical (unpaired) electrons. The first-order valence-corrected chi connectivity index (χ1v) is 5.99. The number of hydrogen-bond donors (Lipinski definition) is 0. The fourth-order valence-electron chi connectivity index (χ4n) is 2.06. The topological polar surface area (TPSA) is 85.8 Å². The van der Waals surface area contributed by atoms with Crippen LogP contribution in [0.4, 0.5) is 5.82 Å². The Balaban J connectivity index is 2.22. The van der Waals surface area contributed by atoms with Gasteiger partial charge in [-0.25, -0.2) is 9.78 Å². The maximum atomic E-state index is 11.9. The van der Waals surface area contributed by atoms with Gasteiger partial charge in [-0.05, 0) is 12.1 Å². The molecule has 1 aromatic heterocycles. The van der Waals surface area contributed by atoms with Gasteiger partial charge in [0, 0.05) is 19.2 Å². The van der Waals surface area contributed by atoms with Crippen LogP contribution in [0.1, 0.15) is 16.8 Å². The Hall–Kier alpha value is -2.44. The number of hydrogen-bond acceptors (Lipinski definition) is 6. The summed E-state index contributed by atoms with van der Waals surface area (Å²) in [6.45, 7) is 0.198. The van der Waals surface area contributed by atoms with E-state index in [9.17, 15) is 14.4 Å². The van der Waals surface area contributed by atoms with Crippen molar-refractivity contribution in [2.45, 2.75) is 6.42 Å². The number of esters is 2. The van der Waals surface area contributed by atoms with Gasteiger partial charge in [-0.15, -0.1) is 0 Å². The summed E-state index contributed by atoms with van der Waals surface area (Å²) in [6, 6.07) is 2.96. The van der Waals surface area contributed by atoms with E-state index in [4.69, 9.17) is 0 Å². The Morgan fingerprint density at radius 1 is 1.35 bits per heavy atom. The molecule has 0 N–H and O–H groups in total. The summed E-state index contributed by atoms with van der Waals surface area (Å²) < 4.78 is 9.25. The first-order chi connectivity index (χ1) is 9.56. The van der Waals surface area contributed by atoms with Crippen LogP contribution >= 0.6 is 0 Å². The summed E-state index contributed by atoms with van der Waals surface area (Å²) in [5, 5.41) is 0. The maximum Gasteiger partial charge on any atom is 0.338 e. The molecule has 0 saturated carbocycles. The zero-order valence-electron chi connectivity index (χ0n) is 11.2. The number of anilines is 1. The maximum absolute atomic E-state index is 11.9. The van der Waals surface area contributed by atoms with Crippen molar-refractivity contribution < 1.29 is 23.9 Å². The highest BCUT2D eigenvalue weighted by Crippen LogP contribution is 2.24. The van der Waals surface area contributed by atoms with E-state index >= 15 is 0 Å². The number of methoxy groups -OCH3 is 2. The van der Waals surface area contributed by atoms with E-state index in [0.29, 0.717) is 11.4 Å². The quantitative estimate of drug-likeness (QED) is 0.744. The van der Waals surface area contributed by atoms with Gasteiger partial charge in [0.2, 0.25) is 5.91 Å². The number of carbonyl (C=O) groups excluding carboxylic acids is 3. The van der Waals surface area contributed by atoms with Gasteiger partial charge in [0.25, 0.3) is 0 Å². The van der Waals surface area contributed by atoms with Crippen LogP contribution in [0.15, 0.2) is 18.3 Å². The van der Waals surface area contributed by atoms with E-state index in [1.165, 1.54) is 37.4 Å². The number of nitrogens with zero attached hydrogens (tertiary/aromatic N) is 2. The average molecular weight is 278 g/mol. The Morgan fingerprint density at radius 3 is 2.75 bits per heavy atom. The molecule has 1 fully saturated rings. The van der Waals surface area contributed by atoms with Gasteiger partial charge in [0.05, 0.1) is 25.7 Å². The van der Waals surface area contributed by atoms with E-state index in [-0.39, 0.29) is 18.9 Å². The van der Waals surface area contributed by atoms with Gasteiger partial charge in [-0.3, -0.25) is 14.5 Å². The highest BCUT2D eigenvalue weighted by molar-refractivity contribution is 5.99. The number of amides is 1. The summed E-state index contributed by atoms with van der Waals surface area (Å²) >= 11 is 0. The minimum atomic E-state index is -0.509. The molecule has 20 heavy (non-hydrogen) atoms. The van der Waals surface area contributed by atoms with Crippen LogP contribution in [-0.2, 0) is 19.1 Å². The third-order valence-electron chi connectivity index (χ3n) is 3.10. The van der Waals surface area contributed by atoms with Crippen molar-refractivity contribution in [1.29, 1.82) is 0 Å². The van der Waals surface area contributed by atoms with Crippen molar-refractivity contribution in [1.82, 2.24) is 4.98 Å². The lowest BCUT2D eigenvalue weighted by Crippen LogP contribution is -2.27. The molecule has 0 spiro atoms. The second-order valence-electron chi connectivity index (χ2n) is 4.32. The van der Waals surface area contributed by atoms with Crippen molar-refractivity contribution in [2.75, 3.05) is 25.7 Å². The van der Waals surface area contributed by atoms with E-state index < -0.39 is 17.9 Å². The van der Waals surface area contributed by atoms with Gasteiger partial charge < -0.3 is 9.47 Å². The molecule has 1 aromatic rings. The van der Waals surface area contributed by atoms with Crippen LogP contribution in [0.3, 0.4) is 0 Å². The fourth-order valence-corrected chi connectivity index (χ4v) is 2.06. The van der Waals surface area contributed by atoms with Crippen LogP contribution in [0.2, 0.25) is 0 Å². The zero-order chi connectivity index (χ0) is 14.7. The molecule has 7 nitrogen and oxygen atoms in total. The van der Waals surface area contributed by atoms with Crippen molar-refractivity contribution in [3.05, 3.63) is 23.9 Å². The lowest BCUT2D eigenvalue weighted by molar-refractivity contribution is -0.145. The Kier molecular flexibility index (Phi) is 3.97. The molecule has 1 saturated heterocycles. The van der Waals surface area contributed by atoms with E-state index in [1.807, 2.05) is 0 Å². The molecule has 7 heteroatoms. The van der Waals surface area contributed by atoms with Crippen LogP contribution in [0, 0.1) is 5.92 Å². The van der Waals surface area contributed by atoms with Gasteiger partial charge in [0.15, 0.2) is 0 Å². The molecular weight excluding hydrogens is 264 g/mol. The molecular formula is C13H14N2O5. The molecule has 1 amide bonds. The van der Waals surface area contributed by atoms with E-state index in [1.54, 1.807) is 0 Å². The Bertz CT molecular complexity index is 557. The molecule has 1 atom stereocenters. The third kappa shape index (κ3) is 2.61. The molecule has 1 unspecified atom stereocenters. The highest BCUT2D eigenvalue weighted by Gasteiger charge is 2.36. The first kappa shape index (κ1) is 14.0. The third-order valence-corrected chi connectivity index (χ3v) is 3.10. The van der Waals surface area contributed by atoms with Crippen molar-refractivity contribution in [3.8, 4) is 0 Å². The van der Waals surface area contributed by atoms with Crippen LogP contribution < -0.4 is 4.90 Å². The number of aromatic nitrogens is 1. The Morgan fingerprint density at radius 2 is 2.10 bits per heavy atom. The Labute approximate surface area is 115 Å². The number of carbonyl (C=O) groups is 3. The normalized spacial score (nSPS) is 18.0. The zero-order valence-corrected chi connectivity index (χ0v) is 11.2. The summed E-state index contributed by atoms with van der Waals surface area (Å²) in [5.41, 5.74) is 0.298. The van der Waals surface area contributed by atoms with Gasteiger partial charge >= 0.3 is 11.9 Å². The standard InChI is InChI=1S/C13H14N2O5/c1-19-12(17)8-3-4-14-10(5-8)15-7-9(6-11(15)16)13(18)20-2/h3-5,9H,6-7H2,1-2H3. The minimum Gasteiger partial charge on any atom is -0.469 e. The number of rotatable bonds is 3. The molecule has 106 valence electrons. The summed E-state index contributed by atoms with van der Waals surface area (Å²) in [4.78, 5) is 40.3. The monoisotopic (exact) mass is 278 g/mol. The second-order valence-corrected chi connectivity index (χ2v) is 4.32. The predicted molar refractivity (Wildman–Crippen MR) is 68.1 cm³/mol. The largest absolute Gasteiger partial charge is 0.469 e. The molecule has 2 rings (SSSR count). The van der Waals surface area contributed by atoms with Crippen molar-refractivity contribution in [3.63, 3.8) is 0 Å². The number of pyridine rings is 1. The first-order valence-electron chi connectivity index (χ1n) is 5.99. The van der Waals surface area contributed by atoms with Crippen LogP contribution in [-0.4, -0.2) is 43.6 Å². The molecule has 0 aromatic carbocycles. The van der Waals surface area contributed by atoms with Crippen LogP contribution in [0.5, 0.6) is 0 Å². The lowest BCUT2D eigenvalue weighted by atomic mass is 10.1. The van der Waals surface area contributed by atoms with Gasteiger partial charge in [-0.1, -0.05) is 0 Å². The lowest BCUT2D eigenvalue weighted by Gasteiger charge is -2.15. The summed E-state index contributed by atoms with van der Waals surface area (Å²) in [5.74, 6) is -1.34. The van der Waals surface area contributed by atoms with Crippen molar-refractivity contribution >= 4 is 23.7 Å². The fraction of sp³-hybridized carbons (Fsp3) is 0.385. The molecule has 2 heterocycles. The summed E-state index contributed by atoms with van der Waals surface area (Å²) in [7, 11) is 2.56. The second kappa shape index (κ2) is 5.68. The smallest absolute Gasteiger partial charge is 0.338 e. The molecule has 0 bridgehead atoms. The number of ether oxygens (including phenoxy) is 2. The summed E-state index contributed by atoms with van der Waals surface area (Å²) in [6.07, 6.45) is 1.50. The van der Waals surface area contributed by atoms with Crippen LogP contribution in [0.25, 0.3) is 0 Å². The highest BCUT2D eigenvalue weighted by atomic mass is 16.5. The van der Waals surface area contributed by atoms with Gasteiger partial charge in [0.1, 0.15) is 5.82 Å². The molecule has 0 aliphatic carbocycles. The van der Waals surface area contributed by atoms with Crippen molar-refractivity contribution in [2.24, 2.45) is 5.92 Å². The predicted octanol–water partition coefficient (Wildman–Crippen LogP) is 0.394. The van der Waals surface area contributed by atoms with Gasteiger partial charge in [-0.2, -0.15) is 0 Å².